The Morgan fingerprint density at radius 1 is 1.00 bits per heavy atom. The second-order valence-electron chi connectivity index (χ2n) is 4.68. The van der Waals surface area contributed by atoms with Crippen molar-refractivity contribution in [1.29, 1.82) is 0 Å². The van der Waals surface area contributed by atoms with Gasteiger partial charge in [0.05, 0.1) is 17.7 Å². The number of nitrogens with zero attached hydrogens (tertiary/aromatic N) is 1. The lowest BCUT2D eigenvalue weighted by Gasteiger charge is -2.23. The van der Waals surface area contributed by atoms with Crippen LogP contribution in [-0.4, -0.2) is 22.1 Å². The minimum absolute atomic E-state index is 0.255. The van der Waals surface area contributed by atoms with Crippen LogP contribution in [-0.2, 0) is 10.0 Å². The number of rotatable bonds is 5. The Bertz CT molecular complexity index is 691. The fourth-order valence-electron chi connectivity index (χ4n) is 2.08. The second-order valence-corrected chi connectivity index (χ2v) is 6.54. The maximum Gasteiger partial charge on any atom is 0.264 e. The summed E-state index contributed by atoms with van der Waals surface area (Å²) in [6.45, 7) is 4.16. The molecule has 5 heteroatoms. The Balaban J connectivity index is 2.41. The van der Waals surface area contributed by atoms with Crippen LogP contribution in [0.15, 0.2) is 53.4 Å². The van der Waals surface area contributed by atoms with Crippen molar-refractivity contribution in [2.45, 2.75) is 18.7 Å². The number of anilines is 1. The van der Waals surface area contributed by atoms with Gasteiger partial charge in [-0.05, 0) is 50.2 Å². The van der Waals surface area contributed by atoms with Crippen LogP contribution in [0.5, 0.6) is 5.75 Å². The minimum atomic E-state index is -3.56. The van der Waals surface area contributed by atoms with E-state index in [-0.39, 0.29) is 4.90 Å². The molecule has 0 aliphatic heterocycles. The van der Waals surface area contributed by atoms with Crippen molar-refractivity contribution in [1.82, 2.24) is 0 Å². The highest BCUT2D eigenvalue weighted by Crippen LogP contribution is 2.25. The van der Waals surface area contributed by atoms with Crippen molar-refractivity contribution in [3.05, 3.63) is 54.1 Å². The van der Waals surface area contributed by atoms with Crippen molar-refractivity contribution < 1.29 is 13.2 Å². The van der Waals surface area contributed by atoms with Gasteiger partial charge in [-0.25, -0.2) is 8.42 Å². The normalized spacial score (nSPS) is 11.2. The summed E-state index contributed by atoms with van der Waals surface area (Å²) in [5.41, 5.74) is 1.76. The molecule has 21 heavy (non-hydrogen) atoms. The summed E-state index contributed by atoms with van der Waals surface area (Å²) < 4.78 is 31.9. The number of hydrogen-bond acceptors (Lipinski definition) is 3. The molecule has 0 fully saturated rings. The SMILES string of the molecule is CCN(c1ccc(C)cc1)S(=O)(=O)c1ccc(OC)cc1. The lowest BCUT2D eigenvalue weighted by atomic mass is 10.2. The Kier molecular flexibility index (Phi) is 4.53. The van der Waals surface area contributed by atoms with Crippen molar-refractivity contribution in [2.24, 2.45) is 0 Å². The number of sulfonamides is 1. The van der Waals surface area contributed by atoms with Gasteiger partial charge in [-0.2, -0.15) is 0 Å². The highest BCUT2D eigenvalue weighted by Gasteiger charge is 2.23. The first-order chi connectivity index (χ1) is 9.98. The van der Waals surface area contributed by atoms with Gasteiger partial charge < -0.3 is 4.74 Å². The van der Waals surface area contributed by atoms with Gasteiger partial charge in [0.25, 0.3) is 10.0 Å². The number of methoxy groups -OCH3 is 1. The maximum atomic E-state index is 12.7. The first kappa shape index (κ1) is 15.4. The van der Waals surface area contributed by atoms with E-state index in [1.54, 1.807) is 31.4 Å². The summed E-state index contributed by atoms with van der Waals surface area (Å²) in [5, 5.41) is 0. The molecule has 0 saturated heterocycles. The molecule has 0 aromatic heterocycles. The van der Waals surface area contributed by atoms with E-state index >= 15 is 0 Å². The maximum absolute atomic E-state index is 12.7. The standard InChI is InChI=1S/C16H19NO3S/c1-4-17(14-7-5-13(2)6-8-14)21(18,19)16-11-9-15(20-3)10-12-16/h5-12H,4H2,1-3H3. The molecule has 0 aliphatic rings. The van der Waals surface area contributed by atoms with Crippen LogP contribution in [0, 0.1) is 6.92 Å². The zero-order valence-corrected chi connectivity index (χ0v) is 13.2. The summed E-state index contributed by atoms with van der Waals surface area (Å²) in [5.74, 6) is 0.632. The minimum Gasteiger partial charge on any atom is -0.497 e. The quantitative estimate of drug-likeness (QED) is 0.852. The third kappa shape index (κ3) is 3.19. The first-order valence-corrected chi connectivity index (χ1v) is 8.16. The van der Waals surface area contributed by atoms with Crippen LogP contribution in [0.2, 0.25) is 0 Å². The van der Waals surface area contributed by atoms with E-state index < -0.39 is 10.0 Å². The molecule has 112 valence electrons. The molecule has 4 nitrogen and oxygen atoms in total. The van der Waals surface area contributed by atoms with Gasteiger partial charge in [-0.15, -0.1) is 0 Å². The van der Waals surface area contributed by atoms with Crippen molar-refractivity contribution in [3.8, 4) is 5.75 Å². The molecule has 2 aromatic rings. The largest absolute Gasteiger partial charge is 0.497 e. The number of hydrogen-bond donors (Lipinski definition) is 0. The summed E-state index contributed by atoms with van der Waals surface area (Å²) in [4.78, 5) is 0.255. The molecule has 0 radical (unpaired) electrons. The fourth-order valence-corrected chi connectivity index (χ4v) is 3.55. The van der Waals surface area contributed by atoms with Gasteiger partial charge in [0.1, 0.15) is 5.75 Å². The lowest BCUT2D eigenvalue weighted by Crippen LogP contribution is -2.30. The highest BCUT2D eigenvalue weighted by atomic mass is 32.2. The fraction of sp³-hybridized carbons (Fsp3) is 0.250. The molecule has 0 heterocycles. The average molecular weight is 305 g/mol. The molecule has 0 atom stereocenters. The monoisotopic (exact) mass is 305 g/mol. The van der Waals surface area contributed by atoms with E-state index in [9.17, 15) is 8.42 Å². The van der Waals surface area contributed by atoms with Crippen LogP contribution in [0.4, 0.5) is 5.69 Å². The van der Waals surface area contributed by atoms with E-state index in [0.29, 0.717) is 18.0 Å². The molecule has 0 unspecified atom stereocenters. The highest BCUT2D eigenvalue weighted by molar-refractivity contribution is 7.92. The van der Waals surface area contributed by atoms with Crippen LogP contribution in [0.3, 0.4) is 0 Å². The third-order valence-electron chi connectivity index (χ3n) is 3.26. The molecule has 0 spiro atoms. The summed E-state index contributed by atoms with van der Waals surface area (Å²) in [7, 11) is -2.01. The Morgan fingerprint density at radius 3 is 2.05 bits per heavy atom. The summed E-state index contributed by atoms with van der Waals surface area (Å²) in [6, 6.07) is 13.9. The number of ether oxygens (including phenoxy) is 1. The predicted molar refractivity (Wildman–Crippen MR) is 84.4 cm³/mol. The molecular weight excluding hydrogens is 286 g/mol. The Morgan fingerprint density at radius 2 is 1.57 bits per heavy atom. The van der Waals surface area contributed by atoms with Crippen LogP contribution < -0.4 is 9.04 Å². The topological polar surface area (TPSA) is 46.6 Å². The average Bonchev–Trinajstić information content (AvgIpc) is 2.50. The van der Waals surface area contributed by atoms with E-state index in [0.717, 1.165) is 5.56 Å². The van der Waals surface area contributed by atoms with E-state index in [1.165, 1.54) is 4.31 Å². The lowest BCUT2D eigenvalue weighted by molar-refractivity contribution is 0.414. The predicted octanol–water partition coefficient (Wildman–Crippen LogP) is 3.22. The molecule has 0 N–H and O–H groups in total. The van der Waals surface area contributed by atoms with Gasteiger partial charge in [0.2, 0.25) is 0 Å². The van der Waals surface area contributed by atoms with Crippen molar-refractivity contribution >= 4 is 15.7 Å². The molecule has 0 amide bonds. The van der Waals surface area contributed by atoms with Crippen molar-refractivity contribution in [2.75, 3.05) is 18.0 Å². The van der Waals surface area contributed by atoms with Gasteiger partial charge in [0, 0.05) is 6.54 Å². The third-order valence-corrected chi connectivity index (χ3v) is 5.17. The van der Waals surface area contributed by atoms with Gasteiger partial charge >= 0.3 is 0 Å². The molecule has 0 aliphatic carbocycles. The number of aryl methyl sites for hydroxylation is 1. The Labute approximate surface area is 126 Å². The van der Waals surface area contributed by atoms with Crippen LogP contribution in [0.1, 0.15) is 12.5 Å². The smallest absolute Gasteiger partial charge is 0.264 e. The zero-order chi connectivity index (χ0) is 15.5. The second kappa shape index (κ2) is 6.18. The number of benzene rings is 2. The van der Waals surface area contributed by atoms with Crippen LogP contribution in [0.25, 0.3) is 0 Å². The van der Waals surface area contributed by atoms with E-state index in [4.69, 9.17) is 4.74 Å². The van der Waals surface area contributed by atoms with Crippen molar-refractivity contribution in [3.63, 3.8) is 0 Å². The first-order valence-electron chi connectivity index (χ1n) is 6.72. The molecule has 0 saturated carbocycles. The molecule has 2 rings (SSSR count). The zero-order valence-electron chi connectivity index (χ0n) is 12.4. The van der Waals surface area contributed by atoms with E-state index in [2.05, 4.69) is 0 Å². The van der Waals surface area contributed by atoms with Gasteiger partial charge in [-0.3, -0.25) is 4.31 Å². The molecule has 2 aromatic carbocycles. The van der Waals surface area contributed by atoms with Gasteiger partial charge in [-0.1, -0.05) is 17.7 Å². The van der Waals surface area contributed by atoms with Crippen LogP contribution >= 0.6 is 0 Å². The van der Waals surface area contributed by atoms with Gasteiger partial charge in [0.15, 0.2) is 0 Å². The molecule has 0 bridgehead atoms. The summed E-state index contributed by atoms with van der Waals surface area (Å²) >= 11 is 0. The molecular formula is C16H19NO3S. The van der Waals surface area contributed by atoms with E-state index in [1.807, 2.05) is 38.1 Å². The Hall–Kier alpha value is -2.01. The summed E-state index contributed by atoms with van der Waals surface area (Å²) in [6.07, 6.45) is 0.